The maximum Gasteiger partial charge on any atom is 0.140 e. The summed E-state index contributed by atoms with van der Waals surface area (Å²) in [7, 11) is 0. The second-order valence-electron chi connectivity index (χ2n) is 2.23. The van der Waals surface area contributed by atoms with E-state index in [-0.39, 0.29) is 0 Å². The molecule has 0 spiro atoms. The molecule has 0 fully saturated rings. The van der Waals surface area contributed by atoms with Gasteiger partial charge in [-0.25, -0.2) is 0 Å². The lowest BCUT2D eigenvalue weighted by molar-refractivity contribution is 0.245. The smallest absolute Gasteiger partial charge is 0.140 e. The van der Waals surface area contributed by atoms with Gasteiger partial charge in [0.05, 0.1) is 16.8 Å². The first-order chi connectivity index (χ1) is 5.20. The molecule has 0 aliphatic heterocycles. The molecule has 0 radical (unpaired) electrons. The monoisotopic (exact) mass is 216 g/mol. The molecule has 0 saturated carbocycles. The van der Waals surface area contributed by atoms with E-state index >= 15 is 0 Å². The fourth-order valence-electron chi connectivity index (χ4n) is 0.651. The van der Waals surface area contributed by atoms with Crippen molar-refractivity contribution >= 4 is 22.0 Å². The highest BCUT2D eigenvalue weighted by Gasteiger charge is 1.97. The minimum absolute atomic E-state index is 0.438. The van der Waals surface area contributed by atoms with Crippen LogP contribution in [-0.2, 0) is 0 Å². The van der Waals surface area contributed by atoms with Crippen LogP contribution < -0.4 is 0 Å². The van der Waals surface area contributed by atoms with Gasteiger partial charge in [-0.2, -0.15) is 0 Å². The molecule has 60 valence electrons. The predicted octanol–water partition coefficient (Wildman–Crippen LogP) is 2.44. The second kappa shape index (κ2) is 3.74. The van der Waals surface area contributed by atoms with Crippen LogP contribution in [0.25, 0.3) is 6.08 Å². The number of halogens is 1. The summed E-state index contributed by atoms with van der Waals surface area (Å²) in [4.78, 5) is 0. The van der Waals surface area contributed by atoms with Crippen molar-refractivity contribution in [1.82, 2.24) is 0 Å². The summed E-state index contributed by atoms with van der Waals surface area (Å²) in [5, 5.41) is 8.90. The summed E-state index contributed by atoms with van der Waals surface area (Å²) < 4.78 is 5.97. The number of rotatable bonds is 2. The minimum atomic E-state index is -0.438. The Hall–Kier alpha value is -0.540. The molecule has 0 aliphatic rings. The first kappa shape index (κ1) is 8.56. The third-order valence-electron chi connectivity index (χ3n) is 1.17. The van der Waals surface area contributed by atoms with Crippen molar-refractivity contribution < 1.29 is 9.52 Å². The maximum atomic E-state index is 8.90. The van der Waals surface area contributed by atoms with Crippen molar-refractivity contribution in [3.63, 3.8) is 0 Å². The van der Waals surface area contributed by atoms with E-state index in [1.165, 1.54) is 0 Å². The molecule has 1 heterocycles. The average Bonchev–Trinajstić information content (AvgIpc) is 2.31. The van der Waals surface area contributed by atoms with Gasteiger partial charge >= 0.3 is 0 Å². The number of hydrogen-bond donors (Lipinski definition) is 1. The van der Waals surface area contributed by atoms with Crippen LogP contribution in [0.5, 0.6) is 0 Å². The van der Waals surface area contributed by atoms with Gasteiger partial charge in [-0.1, -0.05) is 6.08 Å². The fourth-order valence-corrected chi connectivity index (χ4v) is 0.985. The van der Waals surface area contributed by atoms with Crippen LogP contribution in [0.1, 0.15) is 12.7 Å². The fraction of sp³-hybridized carbons (Fsp3) is 0.250. The Morgan fingerprint density at radius 3 is 2.91 bits per heavy atom. The van der Waals surface area contributed by atoms with Crippen molar-refractivity contribution in [1.29, 1.82) is 0 Å². The normalized spacial score (nSPS) is 14.1. The molecule has 1 aromatic heterocycles. The van der Waals surface area contributed by atoms with Gasteiger partial charge < -0.3 is 9.52 Å². The zero-order chi connectivity index (χ0) is 8.27. The second-order valence-corrected chi connectivity index (χ2v) is 3.09. The van der Waals surface area contributed by atoms with Gasteiger partial charge in [0.15, 0.2) is 0 Å². The largest absolute Gasteiger partial charge is 0.464 e. The van der Waals surface area contributed by atoms with Gasteiger partial charge in [0.2, 0.25) is 0 Å². The van der Waals surface area contributed by atoms with Gasteiger partial charge in [0, 0.05) is 0 Å². The average molecular weight is 217 g/mol. The maximum absolute atomic E-state index is 8.90. The molecule has 3 heteroatoms. The van der Waals surface area contributed by atoms with Crippen molar-refractivity contribution in [2.75, 3.05) is 0 Å². The predicted molar refractivity (Wildman–Crippen MR) is 47.1 cm³/mol. The molecule has 2 nitrogen and oxygen atoms in total. The highest BCUT2D eigenvalue weighted by molar-refractivity contribution is 9.10. The van der Waals surface area contributed by atoms with E-state index < -0.39 is 6.10 Å². The summed E-state index contributed by atoms with van der Waals surface area (Å²) in [6.07, 6.45) is 4.54. The van der Waals surface area contributed by atoms with E-state index in [1.54, 1.807) is 25.3 Å². The Labute approximate surface area is 73.7 Å². The quantitative estimate of drug-likeness (QED) is 0.825. The molecule has 0 saturated heterocycles. The Morgan fingerprint density at radius 2 is 2.45 bits per heavy atom. The Morgan fingerprint density at radius 1 is 1.73 bits per heavy atom. The van der Waals surface area contributed by atoms with E-state index in [0.717, 1.165) is 10.2 Å². The molecule has 1 atom stereocenters. The SMILES string of the molecule is CC(O)/C=C/c1occc1Br. The first-order valence-corrected chi connectivity index (χ1v) is 4.08. The van der Waals surface area contributed by atoms with Gasteiger partial charge in [-0.3, -0.25) is 0 Å². The van der Waals surface area contributed by atoms with E-state index in [2.05, 4.69) is 15.9 Å². The van der Waals surface area contributed by atoms with E-state index in [1.807, 2.05) is 6.07 Å². The third kappa shape index (κ3) is 2.52. The van der Waals surface area contributed by atoms with Crippen LogP contribution in [0.2, 0.25) is 0 Å². The summed E-state index contributed by atoms with van der Waals surface area (Å²) in [6, 6.07) is 1.81. The zero-order valence-electron chi connectivity index (χ0n) is 6.12. The summed E-state index contributed by atoms with van der Waals surface area (Å²) >= 11 is 3.29. The molecule has 1 rings (SSSR count). The third-order valence-corrected chi connectivity index (χ3v) is 1.83. The van der Waals surface area contributed by atoms with Gasteiger partial charge in [-0.05, 0) is 35.0 Å². The minimum Gasteiger partial charge on any atom is -0.464 e. The van der Waals surface area contributed by atoms with Gasteiger partial charge in [0.25, 0.3) is 0 Å². The lowest BCUT2D eigenvalue weighted by atomic mass is 10.3. The molecule has 1 unspecified atom stereocenters. The van der Waals surface area contributed by atoms with E-state index in [0.29, 0.717) is 0 Å². The number of furan rings is 1. The number of aliphatic hydroxyl groups is 1. The molecule has 0 bridgehead atoms. The first-order valence-electron chi connectivity index (χ1n) is 3.29. The molecular weight excluding hydrogens is 208 g/mol. The zero-order valence-corrected chi connectivity index (χ0v) is 7.71. The molecule has 0 amide bonds. The summed E-state index contributed by atoms with van der Waals surface area (Å²) in [5.41, 5.74) is 0. The van der Waals surface area contributed by atoms with Gasteiger partial charge in [-0.15, -0.1) is 0 Å². The molecule has 0 aliphatic carbocycles. The Balaban J connectivity index is 2.71. The summed E-state index contributed by atoms with van der Waals surface area (Å²) in [5.74, 6) is 0.728. The van der Waals surface area contributed by atoms with E-state index in [4.69, 9.17) is 9.52 Å². The van der Waals surface area contributed by atoms with Crippen LogP contribution >= 0.6 is 15.9 Å². The van der Waals surface area contributed by atoms with E-state index in [9.17, 15) is 0 Å². The van der Waals surface area contributed by atoms with Crippen molar-refractivity contribution in [2.24, 2.45) is 0 Å². The standard InChI is InChI=1S/C8H9BrO2/c1-6(10)2-3-8-7(9)4-5-11-8/h2-6,10H,1H3/b3-2+. The molecule has 1 N–H and O–H groups in total. The topological polar surface area (TPSA) is 33.4 Å². The molecular formula is C8H9BrO2. The lowest BCUT2D eigenvalue weighted by Crippen LogP contribution is -1.90. The van der Waals surface area contributed by atoms with Crippen molar-refractivity contribution in [2.45, 2.75) is 13.0 Å². The highest BCUT2D eigenvalue weighted by Crippen LogP contribution is 2.18. The molecule has 1 aromatic rings. The lowest BCUT2D eigenvalue weighted by Gasteiger charge is -1.91. The van der Waals surface area contributed by atoms with Crippen LogP contribution in [-0.4, -0.2) is 11.2 Å². The Bertz CT molecular complexity index is 250. The van der Waals surface area contributed by atoms with Crippen LogP contribution in [0, 0.1) is 0 Å². The Kier molecular flexibility index (Phi) is 2.91. The summed E-state index contributed by atoms with van der Waals surface area (Å²) in [6.45, 7) is 1.69. The van der Waals surface area contributed by atoms with Crippen LogP contribution in [0.4, 0.5) is 0 Å². The molecule has 11 heavy (non-hydrogen) atoms. The highest BCUT2D eigenvalue weighted by atomic mass is 79.9. The van der Waals surface area contributed by atoms with Crippen LogP contribution in [0.3, 0.4) is 0 Å². The van der Waals surface area contributed by atoms with Gasteiger partial charge in [0.1, 0.15) is 5.76 Å². The van der Waals surface area contributed by atoms with Crippen molar-refractivity contribution in [3.8, 4) is 0 Å². The molecule has 0 aromatic carbocycles. The number of hydrogen-bond acceptors (Lipinski definition) is 2. The van der Waals surface area contributed by atoms with Crippen molar-refractivity contribution in [3.05, 3.63) is 28.6 Å². The number of aliphatic hydroxyl groups excluding tert-OH is 1. The van der Waals surface area contributed by atoms with Crippen LogP contribution in [0.15, 0.2) is 27.3 Å².